The summed E-state index contributed by atoms with van der Waals surface area (Å²) in [5, 5.41) is 2.14. The third-order valence-corrected chi connectivity index (χ3v) is 13.5. The minimum atomic E-state index is -4.58. The van der Waals surface area contributed by atoms with Crippen LogP contribution in [0.4, 0.5) is 41.6 Å². The lowest BCUT2D eigenvalue weighted by atomic mass is 9.75. The molecule has 0 saturated heterocycles. The summed E-state index contributed by atoms with van der Waals surface area (Å²) in [6.07, 6.45) is 1.57. The molecule has 0 fully saturated rings. The molecule has 0 heterocycles. The number of fused-ring (bicyclic) bond motifs is 2. The van der Waals surface area contributed by atoms with Gasteiger partial charge < -0.3 is 9.80 Å². The van der Waals surface area contributed by atoms with Crippen LogP contribution in [0.15, 0.2) is 170 Å². The fourth-order valence-electron chi connectivity index (χ4n) is 8.99. The molecule has 5 heteroatoms. The van der Waals surface area contributed by atoms with Gasteiger partial charge in [0.15, 0.2) is 0 Å². The highest BCUT2D eigenvalue weighted by Gasteiger charge is 2.53. The van der Waals surface area contributed by atoms with E-state index in [1.165, 1.54) is 23.6 Å². The van der Waals surface area contributed by atoms with E-state index in [4.69, 9.17) is 0 Å². The normalized spacial score (nSPS) is 14.0. The van der Waals surface area contributed by atoms with E-state index in [1.54, 1.807) is 24.3 Å². The number of aryl methyl sites for hydroxylation is 1. The van der Waals surface area contributed by atoms with Gasteiger partial charge in [0.2, 0.25) is 0 Å². The molecule has 7 aromatic carbocycles. The fourth-order valence-corrected chi connectivity index (χ4v) is 8.99. The van der Waals surface area contributed by atoms with Crippen molar-refractivity contribution in [1.29, 1.82) is 0 Å². The zero-order valence-corrected chi connectivity index (χ0v) is 36.1. The van der Waals surface area contributed by atoms with Crippen molar-refractivity contribution in [2.24, 2.45) is 0 Å². The molecule has 8 rings (SSSR count). The predicted molar refractivity (Wildman–Crippen MR) is 251 cm³/mol. The third kappa shape index (κ3) is 7.76. The molecule has 0 N–H and O–H groups in total. The molecule has 310 valence electrons. The molecule has 1 unspecified atom stereocenters. The van der Waals surface area contributed by atoms with Gasteiger partial charge in [-0.25, -0.2) is 0 Å². The highest BCUT2D eigenvalue weighted by atomic mass is 19.4. The van der Waals surface area contributed by atoms with Crippen LogP contribution >= 0.6 is 0 Å². The first-order chi connectivity index (χ1) is 29.4. The second kappa shape index (κ2) is 16.8. The molecule has 0 aliphatic heterocycles. The number of anilines is 5. The van der Waals surface area contributed by atoms with Crippen molar-refractivity contribution in [3.63, 3.8) is 0 Å². The Balaban J connectivity index is 1.19. The summed E-state index contributed by atoms with van der Waals surface area (Å²) in [5.41, 5.74) is 8.54. The number of allylic oxidation sites excluding steroid dienone is 1. The Kier molecular flexibility index (Phi) is 11.4. The molecule has 1 atom stereocenters. The van der Waals surface area contributed by atoms with Crippen molar-refractivity contribution >= 4 is 44.9 Å². The zero-order valence-electron chi connectivity index (χ0n) is 36.1. The summed E-state index contributed by atoms with van der Waals surface area (Å²) in [7, 11) is 0. The van der Waals surface area contributed by atoms with Gasteiger partial charge in [-0.05, 0) is 132 Å². The van der Waals surface area contributed by atoms with Crippen LogP contribution in [0.2, 0.25) is 0 Å². The lowest BCUT2D eigenvalue weighted by Crippen LogP contribution is -2.40. The summed E-state index contributed by atoms with van der Waals surface area (Å²) >= 11 is 0. The maximum atomic E-state index is 15.7. The predicted octanol–water partition coefficient (Wildman–Crippen LogP) is 16.5. The van der Waals surface area contributed by atoms with E-state index in [0.29, 0.717) is 5.92 Å². The van der Waals surface area contributed by atoms with Gasteiger partial charge in [0.1, 0.15) is 5.41 Å². The van der Waals surface area contributed by atoms with Crippen molar-refractivity contribution in [3.05, 3.63) is 203 Å². The highest BCUT2D eigenvalue weighted by molar-refractivity contribution is 5.99. The van der Waals surface area contributed by atoms with E-state index >= 15 is 13.2 Å². The Bertz CT molecular complexity index is 2630. The van der Waals surface area contributed by atoms with Crippen molar-refractivity contribution in [1.82, 2.24) is 0 Å². The molecular weight excluding hydrogens is 758 g/mol. The number of hydrogen-bond donors (Lipinski definition) is 0. The minimum absolute atomic E-state index is 0.0647. The molecule has 1 aliphatic rings. The van der Waals surface area contributed by atoms with E-state index in [0.717, 1.165) is 76.2 Å². The number of halogens is 3. The van der Waals surface area contributed by atoms with E-state index in [-0.39, 0.29) is 16.5 Å². The van der Waals surface area contributed by atoms with Gasteiger partial charge in [-0.15, -0.1) is 0 Å². The average Bonchev–Trinajstić information content (AvgIpc) is 3.29. The van der Waals surface area contributed by atoms with Crippen LogP contribution in [0.3, 0.4) is 0 Å². The summed E-state index contributed by atoms with van der Waals surface area (Å²) in [5.74, 6) is 0.368. The maximum Gasteiger partial charge on any atom is 0.402 e. The highest BCUT2D eigenvalue weighted by Crippen LogP contribution is 2.49. The standard InChI is InChI=1S/C56H55F3N2/c1-7-54(5,8-2)43-25-33-47(34-26-43)61(53-22-14-18-42-16-10-12-20-51(42)53)49-37-29-45(30-38-49)55(6,56(57,58)59)44-27-35-48(36-28-44)60(46-31-23-40(24-32-46)39(3)4)52-21-13-17-41-15-9-11-19-50(41)52/h9-13,15-17,19-39H,7-8,14,18H2,1-6H3. The molecule has 0 spiro atoms. The first kappa shape index (κ1) is 41.7. The smallest absolute Gasteiger partial charge is 0.310 e. The van der Waals surface area contributed by atoms with Crippen LogP contribution < -0.4 is 9.80 Å². The second-order valence-electron chi connectivity index (χ2n) is 17.2. The molecule has 0 amide bonds. The van der Waals surface area contributed by atoms with Gasteiger partial charge in [0.25, 0.3) is 0 Å². The number of hydrogen-bond acceptors (Lipinski definition) is 2. The summed E-state index contributed by atoms with van der Waals surface area (Å²) in [6.45, 7) is 12.4. The van der Waals surface area contributed by atoms with Crippen LogP contribution in [0.1, 0.15) is 100 Å². The minimum Gasteiger partial charge on any atom is -0.310 e. The molecule has 0 aromatic heterocycles. The van der Waals surface area contributed by atoms with Gasteiger partial charge in [-0.1, -0.05) is 150 Å². The van der Waals surface area contributed by atoms with Crippen LogP contribution in [0.5, 0.6) is 0 Å². The van der Waals surface area contributed by atoms with Gasteiger partial charge >= 0.3 is 6.18 Å². The molecule has 61 heavy (non-hydrogen) atoms. The van der Waals surface area contributed by atoms with Crippen molar-refractivity contribution < 1.29 is 13.2 Å². The van der Waals surface area contributed by atoms with E-state index in [2.05, 4.69) is 148 Å². The van der Waals surface area contributed by atoms with Gasteiger partial charge in [0.05, 0.1) is 5.69 Å². The number of benzene rings is 7. The fraction of sp³-hybridized carbons (Fsp3) is 0.250. The number of rotatable bonds is 12. The quantitative estimate of drug-likeness (QED) is 0.121. The molecule has 2 nitrogen and oxygen atoms in total. The van der Waals surface area contributed by atoms with Crippen LogP contribution in [0.25, 0.3) is 16.5 Å². The van der Waals surface area contributed by atoms with Gasteiger partial charge in [-0.3, -0.25) is 0 Å². The average molecular weight is 813 g/mol. The molecule has 7 aromatic rings. The Morgan fingerprint density at radius 2 is 1.03 bits per heavy atom. The van der Waals surface area contributed by atoms with Gasteiger partial charge in [0, 0.05) is 39.4 Å². The van der Waals surface area contributed by atoms with Crippen molar-refractivity contribution in [2.75, 3.05) is 9.80 Å². The number of nitrogens with zero attached hydrogens (tertiary/aromatic N) is 2. The van der Waals surface area contributed by atoms with E-state index < -0.39 is 11.6 Å². The third-order valence-electron chi connectivity index (χ3n) is 13.5. The molecular formula is C56H55F3N2. The molecule has 0 saturated carbocycles. The molecule has 0 bridgehead atoms. The first-order valence-electron chi connectivity index (χ1n) is 21.7. The summed E-state index contributed by atoms with van der Waals surface area (Å²) in [6, 6.07) is 54.0. The van der Waals surface area contributed by atoms with E-state index in [1.807, 2.05) is 42.5 Å². The Morgan fingerprint density at radius 1 is 0.541 bits per heavy atom. The summed E-state index contributed by atoms with van der Waals surface area (Å²) < 4.78 is 47.1. The largest absolute Gasteiger partial charge is 0.402 e. The van der Waals surface area contributed by atoms with Crippen LogP contribution in [-0.4, -0.2) is 6.18 Å². The van der Waals surface area contributed by atoms with Crippen molar-refractivity contribution in [2.45, 2.75) is 90.1 Å². The number of alkyl halides is 3. The van der Waals surface area contributed by atoms with Gasteiger partial charge in [-0.2, -0.15) is 13.2 Å². The molecule has 0 radical (unpaired) electrons. The second-order valence-corrected chi connectivity index (χ2v) is 17.2. The maximum absolute atomic E-state index is 15.7. The SMILES string of the molecule is CCC(C)(CC)c1ccc(N(C2=CCCc3ccccc32)c2ccc(C(C)(c3ccc(N(c4ccc(C(C)C)cc4)c4cccc5ccccc45)cc3)C(F)(F)F)cc2)cc1. The van der Waals surface area contributed by atoms with Crippen LogP contribution in [-0.2, 0) is 17.3 Å². The monoisotopic (exact) mass is 812 g/mol. The Morgan fingerprint density at radius 3 is 1.59 bits per heavy atom. The van der Waals surface area contributed by atoms with Crippen LogP contribution in [0, 0.1) is 0 Å². The van der Waals surface area contributed by atoms with E-state index in [9.17, 15) is 0 Å². The summed E-state index contributed by atoms with van der Waals surface area (Å²) in [4.78, 5) is 4.34. The molecule has 1 aliphatic carbocycles. The lowest BCUT2D eigenvalue weighted by Gasteiger charge is -2.35. The zero-order chi connectivity index (χ0) is 42.9. The lowest BCUT2D eigenvalue weighted by molar-refractivity contribution is -0.173. The topological polar surface area (TPSA) is 6.48 Å². The first-order valence-corrected chi connectivity index (χ1v) is 21.7. The van der Waals surface area contributed by atoms with Crippen molar-refractivity contribution in [3.8, 4) is 0 Å². The Hall–Kier alpha value is -6.07. The Labute approximate surface area is 360 Å².